The van der Waals surface area contributed by atoms with Gasteiger partial charge in [-0.1, -0.05) is 25.7 Å². The summed E-state index contributed by atoms with van der Waals surface area (Å²) >= 11 is 0. The summed E-state index contributed by atoms with van der Waals surface area (Å²) in [6.45, 7) is 0. The fourth-order valence-corrected chi connectivity index (χ4v) is 2.42. The molecule has 3 heteroatoms. The molecule has 1 aliphatic rings. The van der Waals surface area contributed by atoms with Crippen LogP contribution in [0.5, 0.6) is 0 Å². The number of benzene rings is 1. The van der Waals surface area contributed by atoms with Crippen molar-refractivity contribution in [3.05, 3.63) is 35.1 Å². The largest absolute Gasteiger partial charge is 0.204 e. The average Bonchev–Trinajstić information content (AvgIpc) is 2.53. The molecule has 0 heterocycles. The molecule has 0 aliphatic heterocycles. The van der Waals surface area contributed by atoms with Crippen LogP contribution in [0.25, 0.3) is 0 Å². The quantitative estimate of drug-likeness (QED) is 0.489. The highest BCUT2D eigenvalue weighted by atomic mass is 19.2. The molecule has 0 N–H and O–H groups in total. The van der Waals surface area contributed by atoms with Crippen LogP contribution in [-0.4, -0.2) is 0 Å². The standard InChI is InChI=1S/C13H15F3/c14-11-7-10(8-12(15)13(11)16)9-5-3-1-2-4-6-9/h7-9H,1-6H2. The molecular weight excluding hydrogens is 213 g/mol. The molecule has 0 atom stereocenters. The molecule has 1 saturated carbocycles. The first-order valence-corrected chi connectivity index (χ1v) is 5.83. The van der Waals surface area contributed by atoms with Crippen molar-refractivity contribution >= 4 is 0 Å². The maximum Gasteiger partial charge on any atom is 0.194 e. The Morgan fingerprint density at radius 2 is 1.31 bits per heavy atom. The van der Waals surface area contributed by atoms with Crippen molar-refractivity contribution in [2.45, 2.75) is 44.4 Å². The third-order valence-electron chi connectivity index (χ3n) is 3.33. The Morgan fingerprint density at radius 3 is 1.81 bits per heavy atom. The smallest absolute Gasteiger partial charge is 0.194 e. The minimum absolute atomic E-state index is 0.187. The van der Waals surface area contributed by atoms with E-state index in [1.165, 1.54) is 12.8 Å². The molecule has 0 radical (unpaired) electrons. The topological polar surface area (TPSA) is 0 Å². The second-order valence-corrected chi connectivity index (χ2v) is 4.49. The summed E-state index contributed by atoms with van der Waals surface area (Å²) in [6, 6.07) is 2.29. The summed E-state index contributed by atoms with van der Waals surface area (Å²) in [7, 11) is 0. The van der Waals surface area contributed by atoms with Gasteiger partial charge in [0.05, 0.1) is 0 Å². The van der Waals surface area contributed by atoms with Gasteiger partial charge >= 0.3 is 0 Å². The van der Waals surface area contributed by atoms with Crippen molar-refractivity contribution in [2.24, 2.45) is 0 Å². The molecule has 0 spiro atoms. The molecule has 1 fully saturated rings. The van der Waals surface area contributed by atoms with Crippen LogP contribution in [0.1, 0.15) is 50.0 Å². The second-order valence-electron chi connectivity index (χ2n) is 4.49. The Hall–Kier alpha value is -0.990. The van der Waals surface area contributed by atoms with Gasteiger partial charge in [-0.05, 0) is 36.5 Å². The van der Waals surface area contributed by atoms with Gasteiger partial charge in [-0.25, -0.2) is 13.2 Å². The predicted octanol–water partition coefficient (Wildman–Crippen LogP) is 4.54. The Kier molecular flexibility index (Phi) is 3.52. The zero-order valence-electron chi connectivity index (χ0n) is 9.11. The van der Waals surface area contributed by atoms with Crippen LogP contribution < -0.4 is 0 Å². The van der Waals surface area contributed by atoms with Gasteiger partial charge < -0.3 is 0 Å². The third kappa shape index (κ3) is 2.39. The number of hydrogen-bond donors (Lipinski definition) is 0. The number of rotatable bonds is 1. The van der Waals surface area contributed by atoms with Crippen molar-refractivity contribution in [1.82, 2.24) is 0 Å². The normalized spacial score (nSPS) is 18.4. The zero-order valence-corrected chi connectivity index (χ0v) is 9.11. The molecule has 1 aromatic rings. The van der Waals surface area contributed by atoms with E-state index in [9.17, 15) is 13.2 Å². The maximum absolute atomic E-state index is 13.1. The van der Waals surface area contributed by atoms with Crippen molar-refractivity contribution in [3.8, 4) is 0 Å². The molecule has 1 aromatic carbocycles. The Labute approximate surface area is 93.5 Å². The van der Waals surface area contributed by atoms with Crippen LogP contribution in [-0.2, 0) is 0 Å². The first kappa shape index (κ1) is 11.5. The Bertz CT molecular complexity index is 342. The summed E-state index contributed by atoms with van der Waals surface area (Å²) in [5, 5.41) is 0. The van der Waals surface area contributed by atoms with Gasteiger partial charge in [-0.15, -0.1) is 0 Å². The van der Waals surface area contributed by atoms with Gasteiger partial charge in [0.1, 0.15) is 0 Å². The molecule has 0 aromatic heterocycles. The number of hydrogen-bond acceptors (Lipinski definition) is 0. The summed E-state index contributed by atoms with van der Waals surface area (Å²) in [4.78, 5) is 0. The van der Waals surface area contributed by atoms with Crippen molar-refractivity contribution in [3.63, 3.8) is 0 Å². The molecule has 0 unspecified atom stereocenters. The monoisotopic (exact) mass is 228 g/mol. The van der Waals surface area contributed by atoms with E-state index in [0.29, 0.717) is 5.56 Å². The highest BCUT2D eigenvalue weighted by Gasteiger charge is 2.18. The molecule has 16 heavy (non-hydrogen) atoms. The van der Waals surface area contributed by atoms with Gasteiger partial charge in [0.2, 0.25) is 0 Å². The fourth-order valence-electron chi connectivity index (χ4n) is 2.42. The van der Waals surface area contributed by atoms with E-state index < -0.39 is 17.5 Å². The SMILES string of the molecule is Fc1cc(C2CCCCCC2)cc(F)c1F. The Balaban J connectivity index is 2.25. The molecule has 1 aliphatic carbocycles. The molecular formula is C13H15F3. The fraction of sp³-hybridized carbons (Fsp3) is 0.538. The van der Waals surface area contributed by atoms with E-state index in [1.54, 1.807) is 0 Å². The minimum Gasteiger partial charge on any atom is -0.204 e. The van der Waals surface area contributed by atoms with E-state index in [2.05, 4.69) is 0 Å². The van der Waals surface area contributed by atoms with Crippen LogP contribution in [0.4, 0.5) is 13.2 Å². The summed E-state index contributed by atoms with van der Waals surface area (Å²) in [5.74, 6) is -3.32. The maximum atomic E-state index is 13.1. The summed E-state index contributed by atoms with van der Waals surface area (Å²) in [6.07, 6.45) is 6.44. The van der Waals surface area contributed by atoms with Crippen LogP contribution in [0.2, 0.25) is 0 Å². The van der Waals surface area contributed by atoms with Crippen molar-refractivity contribution in [2.75, 3.05) is 0 Å². The van der Waals surface area contributed by atoms with Crippen LogP contribution in [0.3, 0.4) is 0 Å². The van der Waals surface area contributed by atoms with E-state index in [0.717, 1.165) is 37.8 Å². The van der Waals surface area contributed by atoms with Crippen LogP contribution >= 0.6 is 0 Å². The van der Waals surface area contributed by atoms with E-state index in [1.807, 2.05) is 0 Å². The molecule has 0 nitrogen and oxygen atoms in total. The average molecular weight is 228 g/mol. The molecule has 2 rings (SSSR count). The van der Waals surface area contributed by atoms with Gasteiger partial charge in [-0.2, -0.15) is 0 Å². The second kappa shape index (κ2) is 4.89. The third-order valence-corrected chi connectivity index (χ3v) is 3.33. The summed E-state index contributed by atoms with van der Waals surface area (Å²) < 4.78 is 39.0. The molecule has 88 valence electrons. The molecule has 0 bridgehead atoms. The van der Waals surface area contributed by atoms with E-state index >= 15 is 0 Å². The molecule has 0 amide bonds. The van der Waals surface area contributed by atoms with E-state index in [4.69, 9.17) is 0 Å². The minimum atomic E-state index is -1.36. The van der Waals surface area contributed by atoms with Crippen LogP contribution in [0.15, 0.2) is 12.1 Å². The van der Waals surface area contributed by atoms with Gasteiger partial charge in [0.25, 0.3) is 0 Å². The van der Waals surface area contributed by atoms with Gasteiger partial charge in [-0.3, -0.25) is 0 Å². The van der Waals surface area contributed by atoms with Crippen molar-refractivity contribution < 1.29 is 13.2 Å². The number of halogens is 3. The lowest BCUT2D eigenvalue weighted by Gasteiger charge is -2.14. The highest BCUT2D eigenvalue weighted by molar-refractivity contribution is 5.23. The lowest BCUT2D eigenvalue weighted by atomic mass is 9.91. The lowest BCUT2D eigenvalue weighted by molar-refractivity contribution is 0.441. The van der Waals surface area contributed by atoms with Gasteiger partial charge in [0.15, 0.2) is 17.5 Å². The highest BCUT2D eigenvalue weighted by Crippen LogP contribution is 2.32. The van der Waals surface area contributed by atoms with Crippen LogP contribution in [0, 0.1) is 17.5 Å². The zero-order chi connectivity index (χ0) is 11.5. The van der Waals surface area contributed by atoms with Crippen molar-refractivity contribution in [1.29, 1.82) is 0 Å². The van der Waals surface area contributed by atoms with Gasteiger partial charge in [0, 0.05) is 0 Å². The molecule has 0 saturated heterocycles. The first-order chi connectivity index (χ1) is 7.68. The lowest BCUT2D eigenvalue weighted by Crippen LogP contribution is -2.01. The first-order valence-electron chi connectivity index (χ1n) is 5.83. The van der Waals surface area contributed by atoms with E-state index in [-0.39, 0.29) is 5.92 Å². The Morgan fingerprint density at radius 1 is 0.812 bits per heavy atom. The predicted molar refractivity (Wildman–Crippen MR) is 56.8 cm³/mol. The summed E-state index contributed by atoms with van der Waals surface area (Å²) in [5.41, 5.74) is 0.610.